The minimum atomic E-state index is 0. The molecule has 0 spiro atoms. The fraction of sp³-hybridized carbons (Fsp3) is 0.200. The lowest BCUT2D eigenvalue weighted by Crippen LogP contribution is -2.35. The van der Waals surface area contributed by atoms with E-state index in [1.54, 1.807) is 0 Å². The highest BCUT2D eigenvalue weighted by Gasteiger charge is 2.30. The van der Waals surface area contributed by atoms with Crippen LogP contribution in [0, 0.1) is 5.92 Å². The van der Waals surface area contributed by atoms with Crippen molar-refractivity contribution in [1.82, 2.24) is 24.4 Å². The van der Waals surface area contributed by atoms with Crippen molar-refractivity contribution in [2.45, 2.75) is 25.4 Å². The van der Waals surface area contributed by atoms with Crippen LogP contribution >= 0.6 is 12.4 Å². The molecule has 1 atom stereocenters. The molecule has 7 aromatic rings. The smallest absolute Gasteiger partial charge is 0.141 e. The number of imidazole rings is 2. The van der Waals surface area contributed by atoms with Crippen LogP contribution in [0.4, 0.5) is 0 Å². The van der Waals surface area contributed by atoms with Crippen LogP contribution in [0.5, 0.6) is 5.75 Å². The molecule has 0 amide bonds. The molecule has 1 fully saturated rings. The van der Waals surface area contributed by atoms with Crippen LogP contribution in [-0.2, 0) is 6.54 Å². The lowest BCUT2D eigenvalue weighted by atomic mass is 9.90. The topological polar surface area (TPSA) is 56.9 Å². The summed E-state index contributed by atoms with van der Waals surface area (Å²) in [6, 6.07) is 46.6. The van der Waals surface area contributed by atoms with Gasteiger partial charge in [0.25, 0.3) is 0 Å². The Kier molecular flexibility index (Phi) is 9.05. The Balaban J connectivity index is 0.00000351. The van der Waals surface area contributed by atoms with Crippen LogP contribution in [0.15, 0.2) is 133 Å². The standard InChI is InChI=1S/C40H37N5O.ClH/c1-3-11-29(12-4-1)27-44-36-17-9-7-15-34(36)42-39(44)32-19-21-33(22-20-32)46-28-38(30-23-25-41-26-24-30)45-37-18-10-8-16-35(37)43-40(45)31-13-5-2-6-14-31;/h1-22,30,38,41H,23-28H2;1H. The Hall–Kier alpha value is -4.91. The van der Waals surface area contributed by atoms with Crippen molar-refractivity contribution in [1.29, 1.82) is 0 Å². The summed E-state index contributed by atoms with van der Waals surface area (Å²) in [5.74, 6) is 3.29. The molecule has 3 heterocycles. The van der Waals surface area contributed by atoms with E-state index in [0.717, 1.165) is 83.1 Å². The largest absolute Gasteiger partial charge is 0.491 e. The molecule has 8 rings (SSSR count). The predicted molar refractivity (Wildman–Crippen MR) is 193 cm³/mol. The molecule has 1 aliphatic heterocycles. The van der Waals surface area contributed by atoms with E-state index < -0.39 is 0 Å². The van der Waals surface area contributed by atoms with E-state index in [0.29, 0.717) is 12.5 Å². The first kappa shape index (κ1) is 30.7. The van der Waals surface area contributed by atoms with Crippen molar-refractivity contribution in [3.05, 3.63) is 139 Å². The van der Waals surface area contributed by atoms with Crippen molar-refractivity contribution < 1.29 is 4.74 Å². The Bertz CT molecular complexity index is 2070. The number of aromatic nitrogens is 4. The van der Waals surface area contributed by atoms with E-state index in [9.17, 15) is 0 Å². The molecule has 1 saturated heterocycles. The summed E-state index contributed by atoms with van der Waals surface area (Å²) in [5.41, 5.74) is 7.75. The molecule has 0 aliphatic carbocycles. The number of benzene rings is 5. The highest BCUT2D eigenvalue weighted by molar-refractivity contribution is 5.85. The number of para-hydroxylation sites is 4. The van der Waals surface area contributed by atoms with Crippen molar-refractivity contribution in [3.63, 3.8) is 0 Å². The van der Waals surface area contributed by atoms with Gasteiger partial charge >= 0.3 is 0 Å². The van der Waals surface area contributed by atoms with Gasteiger partial charge in [-0.05, 0) is 85.9 Å². The van der Waals surface area contributed by atoms with Crippen LogP contribution < -0.4 is 10.1 Å². The fourth-order valence-electron chi connectivity index (χ4n) is 6.93. The number of nitrogens with one attached hydrogen (secondary N) is 1. The van der Waals surface area contributed by atoms with E-state index in [1.165, 1.54) is 5.56 Å². The Morgan fingerprint density at radius 3 is 1.94 bits per heavy atom. The van der Waals surface area contributed by atoms with Gasteiger partial charge in [0.15, 0.2) is 0 Å². The number of hydrogen-bond acceptors (Lipinski definition) is 4. The van der Waals surface area contributed by atoms with Gasteiger partial charge in [-0.25, -0.2) is 9.97 Å². The van der Waals surface area contributed by atoms with Crippen LogP contribution in [0.1, 0.15) is 24.4 Å². The predicted octanol–water partition coefficient (Wildman–Crippen LogP) is 8.81. The van der Waals surface area contributed by atoms with Gasteiger partial charge in [-0.1, -0.05) is 84.9 Å². The normalized spacial score (nSPS) is 14.2. The lowest BCUT2D eigenvalue weighted by Gasteiger charge is -2.33. The number of fused-ring (bicyclic) bond motifs is 2. The van der Waals surface area contributed by atoms with Crippen molar-refractivity contribution in [2.75, 3.05) is 19.7 Å². The summed E-state index contributed by atoms with van der Waals surface area (Å²) in [4.78, 5) is 10.2. The minimum absolute atomic E-state index is 0. The second-order valence-electron chi connectivity index (χ2n) is 12.1. The number of rotatable bonds is 9. The maximum Gasteiger partial charge on any atom is 0.141 e. The number of halogens is 1. The molecular formula is C40H38ClN5O. The Morgan fingerprint density at radius 1 is 0.638 bits per heavy atom. The van der Waals surface area contributed by atoms with Crippen LogP contribution in [0.25, 0.3) is 44.8 Å². The molecule has 7 heteroatoms. The number of hydrogen-bond donors (Lipinski definition) is 1. The van der Waals surface area contributed by atoms with E-state index in [1.807, 2.05) is 6.07 Å². The van der Waals surface area contributed by atoms with Gasteiger partial charge in [0.2, 0.25) is 0 Å². The van der Waals surface area contributed by atoms with E-state index in [-0.39, 0.29) is 18.4 Å². The van der Waals surface area contributed by atoms with Gasteiger partial charge in [0.05, 0.1) is 28.1 Å². The Labute approximate surface area is 281 Å². The molecule has 0 saturated carbocycles. The van der Waals surface area contributed by atoms with Crippen LogP contribution in [0.3, 0.4) is 0 Å². The number of nitrogens with zero attached hydrogens (tertiary/aromatic N) is 4. The van der Waals surface area contributed by atoms with Gasteiger partial charge in [0.1, 0.15) is 24.0 Å². The maximum absolute atomic E-state index is 6.66. The third-order valence-electron chi connectivity index (χ3n) is 9.26. The summed E-state index contributed by atoms with van der Waals surface area (Å²) < 4.78 is 11.4. The average molecular weight is 640 g/mol. The summed E-state index contributed by atoms with van der Waals surface area (Å²) in [6.45, 7) is 3.37. The third kappa shape index (κ3) is 6.27. The molecule has 1 N–H and O–H groups in total. The van der Waals surface area contributed by atoms with E-state index >= 15 is 0 Å². The van der Waals surface area contributed by atoms with E-state index in [4.69, 9.17) is 14.7 Å². The molecule has 1 unspecified atom stereocenters. The number of ether oxygens (including phenoxy) is 1. The van der Waals surface area contributed by atoms with E-state index in [2.05, 4.69) is 142 Å². The van der Waals surface area contributed by atoms with Gasteiger partial charge < -0.3 is 19.2 Å². The Morgan fingerprint density at radius 2 is 1.21 bits per heavy atom. The summed E-state index contributed by atoms with van der Waals surface area (Å²) >= 11 is 0. The summed E-state index contributed by atoms with van der Waals surface area (Å²) in [7, 11) is 0. The molecule has 236 valence electrons. The third-order valence-corrected chi connectivity index (χ3v) is 9.26. The molecule has 1 aliphatic rings. The van der Waals surface area contributed by atoms with Gasteiger partial charge in [-0.3, -0.25) is 0 Å². The fourth-order valence-corrected chi connectivity index (χ4v) is 6.93. The second-order valence-corrected chi connectivity index (χ2v) is 12.1. The first-order valence-corrected chi connectivity index (χ1v) is 16.3. The second kappa shape index (κ2) is 13.8. The zero-order chi connectivity index (χ0) is 30.7. The SMILES string of the molecule is Cl.c1ccc(Cn2c(-c3ccc(OCC(C4CCNCC4)n4c(-c5ccccc5)nc5ccccc54)cc3)nc3ccccc32)cc1. The summed E-state index contributed by atoms with van der Waals surface area (Å²) in [6.07, 6.45) is 2.21. The number of piperidine rings is 1. The molecule has 0 bridgehead atoms. The van der Waals surface area contributed by atoms with Crippen molar-refractivity contribution >= 4 is 34.5 Å². The molecule has 47 heavy (non-hydrogen) atoms. The molecule has 2 aromatic heterocycles. The first-order valence-electron chi connectivity index (χ1n) is 16.3. The quantitative estimate of drug-likeness (QED) is 0.171. The maximum atomic E-state index is 6.66. The van der Waals surface area contributed by atoms with Crippen molar-refractivity contribution in [3.8, 4) is 28.5 Å². The molecule has 0 radical (unpaired) electrons. The summed E-state index contributed by atoms with van der Waals surface area (Å²) in [5, 5.41) is 3.55. The molecule has 5 aromatic carbocycles. The van der Waals surface area contributed by atoms with Gasteiger partial charge in [0, 0.05) is 17.7 Å². The minimum Gasteiger partial charge on any atom is -0.491 e. The zero-order valence-electron chi connectivity index (χ0n) is 26.2. The van der Waals surface area contributed by atoms with Gasteiger partial charge in [-0.15, -0.1) is 12.4 Å². The molecular weight excluding hydrogens is 602 g/mol. The van der Waals surface area contributed by atoms with Crippen LogP contribution in [0.2, 0.25) is 0 Å². The first-order chi connectivity index (χ1) is 22.8. The highest BCUT2D eigenvalue weighted by atomic mass is 35.5. The zero-order valence-corrected chi connectivity index (χ0v) is 27.0. The average Bonchev–Trinajstić information content (AvgIpc) is 3.69. The highest BCUT2D eigenvalue weighted by Crippen LogP contribution is 2.36. The monoisotopic (exact) mass is 639 g/mol. The molecule has 6 nitrogen and oxygen atoms in total. The lowest BCUT2D eigenvalue weighted by molar-refractivity contribution is 0.175. The van der Waals surface area contributed by atoms with Crippen molar-refractivity contribution in [2.24, 2.45) is 5.92 Å². The van der Waals surface area contributed by atoms with Gasteiger partial charge in [-0.2, -0.15) is 0 Å². The van der Waals surface area contributed by atoms with Crippen LogP contribution in [-0.4, -0.2) is 38.8 Å².